The van der Waals surface area contributed by atoms with Gasteiger partial charge in [-0.25, -0.2) is 0 Å². The number of hydrogen-bond acceptors (Lipinski definition) is 7. The number of aromatic nitrogens is 3. The van der Waals surface area contributed by atoms with Crippen LogP contribution in [0.25, 0.3) is 0 Å². The number of ether oxygens (including phenoxy) is 2. The fourth-order valence-electron chi connectivity index (χ4n) is 3.56. The van der Waals surface area contributed by atoms with Gasteiger partial charge < -0.3 is 19.7 Å². The van der Waals surface area contributed by atoms with E-state index in [2.05, 4.69) is 22.1 Å². The second-order valence-corrected chi connectivity index (χ2v) is 9.19. The zero-order valence-electron chi connectivity index (χ0n) is 19.6. The molecule has 36 heavy (non-hydrogen) atoms. The SMILES string of the molecule is C=CCn1c(COc2ccccc2Cl)nnc1SCC(=O)Nc1cccc(C(=O)N2CCOCC2)c1. The predicted molar refractivity (Wildman–Crippen MR) is 139 cm³/mol. The quantitative estimate of drug-likeness (QED) is 0.315. The molecule has 11 heteroatoms. The highest BCUT2D eigenvalue weighted by molar-refractivity contribution is 7.99. The molecule has 4 rings (SSSR count). The van der Waals surface area contributed by atoms with Gasteiger partial charge in [-0.2, -0.15) is 0 Å². The summed E-state index contributed by atoms with van der Waals surface area (Å²) in [5, 5.41) is 12.3. The van der Waals surface area contributed by atoms with Crippen molar-refractivity contribution in [2.75, 3.05) is 37.4 Å². The summed E-state index contributed by atoms with van der Waals surface area (Å²) in [4.78, 5) is 27.1. The van der Waals surface area contributed by atoms with E-state index in [1.165, 1.54) is 11.8 Å². The number of carbonyl (C=O) groups excluding carboxylic acids is 2. The van der Waals surface area contributed by atoms with Crippen molar-refractivity contribution in [3.63, 3.8) is 0 Å². The Bertz CT molecular complexity index is 1230. The summed E-state index contributed by atoms with van der Waals surface area (Å²) in [6.45, 7) is 6.60. The zero-order valence-corrected chi connectivity index (χ0v) is 21.1. The molecule has 0 spiro atoms. The van der Waals surface area contributed by atoms with Gasteiger partial charge in [-0.15, -0.1) is 16.8 Å². The van der Waals surface area contributed by atoms with Gasteiger partial charge in [-0.05, 0) is 30.3 Å². The Morgan fingerprint density at radius 1 is 1.17 bits per heavy atom. The molecule has 2 heterocycles. The molecule has 1 aromatic heterocycles. The number of halogens is 1. The number of allylic oxidation sites excluding steroid dienone is 1. The summed E-state index contributed by atoms with van der Waals surface area (Å²) in [5.41, 5.74) is 1.08. The summed E-state index contributed by atoms with van der Waals surface area (Å²) in [5.74, 6) is 0.954. The zero-order chi connectivity index (χ0) is 25.3. The van der Waals surface area contributed by atoms with E-state index in [0.717, 1.165) is 0 Å². The number of nitrogens with zero attached hydrogens (tertiary/aromatic N) is 4. The van der Waals surface area contributed by atoms with Crippen LogP contribution in [0.2, 0.25) is 5.02 Å². The van der Waals surface area contributed by atoms with Crippen molar-refractivity contribution in [3.05, 3.63) is 77.6 Å². The first kappa shape index (κ1) is 25.7. The Kier molecular flexibility index (Phi) is 8.99. The number of amides is 2. The van der Waals surface area contributed by atoms with Crippen LogP contribution in [0, 0.1) is 0 Å². The lowest BCUT2D eigenvalue weighted by Gasteiger charge is -2.27. The maximum absolute atomic E-state index is 12.7. The van der Waals surface area contributed by atoms with Gasteiger partial charge in [0.1, 0.15) is 12.4 Å². The maximum Gasteiger partial charge on any atom is 0.254 e. The first-order chi connectivity index (χ1) is 17.5. The van der Waals surface area contributed by atoms with Gasteiger partial charge in [0.2, 0.25) is 5.91 Å². The third kappa shape index (κ3) is 6.66. The molecular formula is C25H26ClN5O4S. The highest BCUT2D eigenvalue weighted by atomic mass is 35.5. The fraction of sp³-hybridized carbons (Fsp3) is 0.280. The lowest BCUT2D eigenvalue weighted by atomic mass is 10.1. The Morgan fingerprint density at radius 2 is 1.97 bits per heavy atom. The normalized spacial score (nSPS) is 13.3. The molecule has 1 aliphatic rings. The molecule has 0 atom stereocenters. The molecule has 3 aromatic rings. The summed E-state index contributed by atoms with van der Waals surface area (Å²) in [6.07, 6.45) is 1.73. The Balaban J connectivity index is 1.35. The summed E-state index contributed by atoms with van der Waals surface area (Å²) >= 11 is 7.41. The van der Waals surface area contributed by atoms with Gasteiger partial charge in [0.25, 0.3) is 5.91 Å². The largest absolute Gasteiger partial charge is 0.484 e. The first-order valence-electron chi connectivity index (χ1n) is 11.3. The number of carbonyl (C=O) groups is 2. The second-order valence-electron chi connectivity index (χ2n) is 7.84. The van der Waals surface area contributed by atoms with Crippen molar-refractivity contribution in [2.24, 2.45) is 0 Å². The molecule has 2 amide bonds. The number of para-hydroxylation sites is 1. The van der Waals surface area contributed by atoms with Gasteiger partial charge in [-0.1, -0.05) is 47.6 Å². The number of hydrogen-bond donors (Lipinski definition) is 1. The van der Waals surface area contributed by atoms with Gasteiger partial charge in [0.15, 0.2) is 11.0 Å². The molecule has 1 fully saturated rings. The monoisotopic (exact) mass is 527 g/mol. The van der Waals surface area contributed by atoms with E-state index in [1.807, 2.05) is 16.7 Å². The van der Waals surface area contributed by atoms with Crippen LogP contribution < -0.4 is 10.1 Å². The lowest BCUT2D eigenvalue weighted by Crippen LogP contribution is -2.40. The van der Waals surface area contributed by atoms with Crippen molar-refractivity contribution in [3.8, 4) is 5.75 Å². The predicted octanol–water partition coefficient (Wildman–Crippen LogP) is 3.90. The van der Waals surface area contributed by atoms with E-state index in [1.54, 1.807) is 47.4 Å². The fourth-order valence-corrected chi connectivity index (χ4v) is 4.51. The molecule has 0 aliphatic carbocycles. The lowest BCUT2D eigenvalue weighted by molar-refractivity contribution is -0.113. The Morgan fingerprint density at radius 3 is 2.75 bits per heavy atom. The van der Waals surface area contributed by atoms with Crippen LogP contribution in [0.15, 0.2) is 66.3 Å². The van der Waals surface area contributed by atoms with Crippen LogP contribution in [0.5, 0.6) is 5.75 Å². The molecule has 1 aliphatic heterocycles. The molecule has 1 saturated heterocycles. The molecule has 9 nitrogen and oxygen atoms in total. The molecule has 2 aromatic carbocycles. The highest BCUT2D eigenvalue weighted by Gasteiger charge is 2.19. The van der Waals surface area contributed by atoms with Crippen molar-refractivity contribution in [1.29, 1.82) is 0 Å². The summed E-state index contributed by atoms with van der Waals surface area (Å²) in [7, 11) is 0. The van der Waals surface area contributed by atoms with Gasteiger partial charge >= 0.3 is 0 Å². The van der Waals surface area contributed by atoms with Crippen LogP contribution in [0.1, 0.15) is 16.2 Å². The molecule has 188 valence electrons. The molecule has 0 saturated carbocycles. The highest BCUT2D eigenvalue weighted by Crippen LogP contribution is 2.25. The van der Waals surface area contributed by atoms with Gasteiger partial charge in [0, 0.05) is 30.9 Å². The summed E-state index contributed by atoms with van der Waals surface area (Å²) < 4.78 is 12.9. The number of thioether (sulfide) groups is 1. The standard InChI is InChI=1S/C25H26ClN5O4S/c1-2-10-31-22(16-35-21-9-4-3-8-20(21)26)28-29-25(31)36-17-23(32)27-19-7-5-6-18(15-19)24(33)30-11-13-34-14-12-30/h2-9,15H,1,10-14,16-17H2,(H,27,32). The van der Waals surface area contributed by atoms with Gasteiger partial charge in [0.05, 0.1) is 24.0 Å². The van der Waals surface area contributed by atoms with Crippen LogP contribution in [-0.2, 0) is 22.7 Å². The van der Waals surface area contributed by atoms with Crippen molar-refractivity contribution < 1.29 is 19.1 Å². The molecule has 0 radical (unpaired) electrons. The maximum atomic E-state index is 12.7. The van der Waals surface area contributed by atoms with Crippen molar-refractivity contribution in [1.82, 2.24) is 19.7 Å². The number of benzene rings is 2. The molecule has 0 unspecified atom stereocenters. The van der Waals surface area contributed by atoms with Crippen LogP contribution >= 0.6 is 23.4 Å². The smallest absolute Gasteiger partial charge is 0.254 e. The molecule has 0 bridgehead atoms. The van der Waals surface area contributed by atoms with E-state index in [-0.39, 0.29) is 24.2 Å². The third-order valence-electron chi connectivity index (χ3n) is 5.32. The van der Waals surface area contributed by atoms with Crippen LogP contribution in [-0.4, -0.2) is 63.5 Å². The number of anilines is 1. The van der Waals surface area contributed by atoms with E-state index in [9.17, 15) is 9.59 Å². The van der Waals surface area contributed by atoms with Gasteiger partial charge in [-0.3, -0.25) is 14.2 Å². The Labute approximate surface area is 218 Å². The molecule has 1 N–H and O–H groups in total. The number of rotatable bonds is 10. The van der Waals surface area contributed by atoms with E-state index >= 15 is 0 Å². The Hall–Kier alpha value is -3.34. The topological polar surface area (TPSA) is 98.6 Å². The molecular weight excluding hydrogens is 502 g/mol. The minimum atomic E-state index is -0.224. The average molecular weight is 528 g/mol. The number of nitrogens with one attached hydrogen (secondary N) is 1. The van der Waals surface area contributed by atoms with Crippen molar-refractivity contribution in [2.45, 2.75) is 18.3 Å². The van der Waals surface area contributed by atoms with Crippen molar-refractivity contribution >= 4 is 40.9 Å². The van der Waals surface area contributed by atoms with E-state index in [4.69, 9.17) is 21.1 Å². The second kappa shape index (κ2) is 12.6. The minimum absolute atomic E-state index is 0.0761. The average Bonchev–Trinajstić information content (AvgIpc) is 3.28. The first-order valence-corrected chi connectivity index (χ1v) is 12.7. The van der Waals surface area contributed by atoms with E-state index in [0.29, 0.717) is 65.9 Å². The minimum Gasteiger partial charge on any atom is -0.484 e. The third-order valence-corrected chi connectivity index (χ3v) is 6.60. The number of morpholine rings is 1. The summed E-state index contributed by atoms with van der Waals surface area (Å²) in [6, 6.07) is 14.1. The van der Waals surface area contributed by atoms with E-state index < -0.39 is 0 Å². The van der Waals surface area contributed by atoms with Crippen LogP contribution in [0.4, 0.5) is 5.69 Å². The van der Waals surface area contributed by atoms with Crippen LogP contribution in [0.3, 0.4) is 0 Å².